The molecule has 1 unspecified atom stereocenters. The van der Waals surface area contributed by atoms with Crippen molar-refractivity contribution in [1.29, 1.82) is 0 Å². The zero-order valence-electron chi connectivity index (χ0n) is 24.8. The first-order chi connectivity index (χ1) is 17.1. The first kappa shape index (κ1) is 30.5. The second kappa shape index (κ2) is 9.54. The Labute approximate surface area is 226 Å². The summed E-state index contributed by atoms with van der Waals surface area (Å²) in [6, 6.07) is 0. The van der Waals surface area contributed by atoms with Crippen LogP contribution in [0.2, 0.25) is 36.3 Å². The molecule has 3 heterocycles. The summed E-state index contributed by atoms with van der Waals surface area (Å²) < 4.78 is 28.1. The number of hydrogen-bond acceptors (Lipinski definition) is 8. The summed E-state index contributed by atoms with van der Waals surface area (Å²) in [4.78, 5) is 42.3. The minimum atomic E-state index is -2.56. The summed E-state index contributed by atoms with van der Waals surface area (Å²) in [5.41, 5.74) is 4.18. The van der Waals surface area contributed by atoms with Gasteiger partial charge < -0.3 is 24.1 Å². The fraction of sp³-hybridized carbons (Fsp3) is 0.760. The lowest BCUT2D eigenvalue weighted by Gasteiger charge is -2.43. The van der Waals surface area contributed by atoms with E-state index in [1.165, 1.54) is 17.8 Å². The zero-order chi connectivity index (χ0) is 29.2. The van der Waals surface area contributed by atoms with E-state index in [4.69, 9.17) is 24.1 Å². The van der Waals surface area contributed by atoms with Crippen LogP contribution in [0.4, 0.5) is 4.79 Å². The van der Waals surface area contributed by atoms with Crippen LogP contribution in [0.25, 0.3) is 0 Å². The van der Waals surface area contributed by atoms with Crippen LogP contribution in [0, 0.1) is 6.92 Å². The molecule has 214 valence electrons. The molecule has 1 aromatic heterocycles. The number of rotatable bonds is 6. The summed E-state index contributed by atoms with van der Waals surface area (Å²) in [6.45, 7) is 22.6. The lowest BCUT2D eigenvalue weighted by molar-refractivity contribution is -0.0572. The fourth-order valence-corrected chi connectivity index (χ4v) is 6.40. The van der Waals surface area contributed by atoms with E-state index >= 15 is 0 Å². The molecule has 0 aromatic carbocycles. The largest absolute Gasteiger partial charge is 0.436 e. The Kier molecular flexibility index (Phi) is 7.65. The van der Waals surface area contributed by atoms with Crippen molar-refractivity contribution in [2.45, 2.75) is 109 Å². The van der Waals surface area contributed by atoms with Crippen LogP contribution in [0.5, 0.6) is 0 Å². The number of nitrogens with zero attached hydrogens (tertiary/aromatic N) is 3. The van der Waals surface area contributed by atoms with Crippen LogP contribution in [-0.2, 0) is 25.4 Å². The second-order valence-corrected chi connectivity index (χ2v) is 23.0. The van der Waals surface area contributed by atoms with Gasteiger partial charge >= 0.3 is 11.8 Å². The van der Waals surface area contributed by atoms with Gasteiger partial charge in [-0.3, -0.25) is 13.9 Å². The molecular formula is C25H44N4O7Si2. The monoisotopic (exact) mass is 568 g/mol. The number of carbonyl (C=O) groups excluding carboxylic acids is 1. The van der Waals surface area contributed by atoms with Crippen molar-refractivity contribution < 1.29 is 23.1 Å². The Morgan fingerprint density at radius 3 is 2.08 bits per heavy atom. The van der Waals surface area contributed by atoms with Crippen LogP contribution < -0.4 is 17.0 Å². The maximum absolute atomic E-state index is 13.3. The molecule has 0 aliphatic carbocycles. The highest BCUT2D eigenvalue weighted by Crippen LogP contribution is 2.49. The van der Waals surface area contributed by atoms with Gasteiger partial charge in [0.1, 0.15) is 12.2 Å². The number of amides is 1. The molecule has 1 saturated heterocycles. The number of aliphatic imine (C=N–C) groups is 1. The molecule has 1 aromatic rings. The van der Waals surface area contributed by atoms with Crippen molar-refractivity contribution in [3.8, 4) is 0 Å². The molecule has 11 nitrogen and oxygen atoms in total. The first-order valence-electron chi connectivity index (χ1n) is 12.9. The van der Waals surface area contributed by atoms with E-state index < -0.39 is 58.0 Å². The highest BCUT2D eigenvalue weighted by molar-refractivity contribution is 6.74. The number of nitrogens with two attached hydrogens (primary N) is 1. The maximum atomic E-state index is 13.3. The van der Waals surface area contributed by atoms with Gasteiger partial charge in [-0.2, -0.15) is 4.99 Å². The molecule has 13 heteroatoms. The average Bonchev–Trinajstić information content (AvgIpc) is 3.22. The summed E-state index contributed by atoms with van der Waals surface area (Å²) in [5.74, 6) is -0.0767. The third-order valence-corrected chi connectivity index (χ3v) is 17.7. The Bertz CT molecular complexity index is 1260. The fourth-order valence-electron chi connectivity index (χ4n) is 4.12. The summed E-state index contributed by atoms with van der Waals surface area (Å²) in [7, 11) is -3.42. The van der Waals surface area contributed by atoms with Gasteiger partial charge in [0, 0.05) is 18.8 Å². The minimum absolute atomic E-state index is 0.0490. The Morgan fingerprint density at radius 1 is 1.05 bits per heavy atom. The molecule has 2 aliphatic rings. The van der Waals surface area contributed by atoms with Crippen molar-refractivity contribution in [2.75, 3.05) is 6.61 Å². The van der Waals surface area contributed by atoms with Gasteiger partial charge in [0.2, 0.25) is 5.60 Å². The SMILES string of the molecule is Cc1cn([C@@H]2O[C@H](CO[Si](C)(C)C(C)(C)C)C3(OC(=O)N=C3N)[C@H]2O[Si](C)(C)C(C)(C)C)c(=O)n(C)c1=O. The van der Waals surface area contributed by atoms with Gasteiger partial charge in [-0.25, -0.2) is 9.59 Å². The zero-order valence-corrected chi connectivity index (χ0v) is 26.8. The van der Waals surface area contributed by atoms with Crippen LogP contribution >= 0.6 is 0 Å². The lowest BCUT2D eigenvalue weighted by Crippen LogP contribution is -2.62. The van der Waals surface area contributed by atoms with E-state index in [1.807, 2.05) is 0 Å². The number of amidine groups is 1. The van der Waals surface area contributed by atoms with Gasteiger partial charge in [-0.1, -0.05) is 41.5 Å². The number of aryl methyl sites for hydroxylation is 1. The molecule has 2 aliphatic heterocycles. The maximum Gasteiger partial charge on any atom is 0.436 e. The molecule has 1 spiro atoms. The number of aromatic nitrogens is 2. The van der Waals surface area contributed by atoms with E-state index in [0.717, 1.165) is 4.57 Å². The average molecular weight is 569 g/mol. The molecule has 38 heavy (non-hydrogen) atoms. The predicted octanol–water partition coefficient (Wildman–Crippen LogP) is 3.41. The normalized spacial score (nSPS) is 26.7. The molecule has 2 N–H and O–H groups in total. The molecule has 0 radical (unpaired) electrons. The highest BCUT2D eigenvalue weighted by atomic mass is 28.4. The standard InChI is InChI=1S/C25H44N4O7Si2/c1-15-13-29(22(32)28(8)18(15)30)19-17(36-38(11,12)24(5,6)7)25(20(26)27-21(31)35-25)16(34-19)14-33-37(9,10)23(2,3)4/h13,16-17,19H,14H2,1-12H3,(H2,26,27,31)/t16-,17+,19-,25?/m1/s1. The molecule has 1 amide bonds. The van der Waals surface area contributed by atoms with Crippen LogP contribution in [0.1, 0.15) is 53.3 Å². The molecule has 4 atom stereocenters. The van der Waals surface area contributed by atoms with Crippen molar-refractivity contribution in [3.05, 3.63) is 32.6 Å². The molecule has 1 fully saturated rings. The number of ether oxygens (including phenoxy) is 2. The Balaban J connectivity index is 2.23. The smallest absolute Gasteiger partial charge is 0.427 e. The third-order valence-electron chi connectivity index (χ3n) is 8.72. The molecular weight excluding hydrogens is 524 g/mol. The van der Waals surface area contributed by atoms with Gasteiger partial charge in [0.15, 0.2) is 28.7 Å². The quantitative estimate of drug-likeness (QED) is 0.516. The molecule has 0 saturated carbocycles. The molecule has 0 bridgehead atoms. The van der Waals surface area contributed by atoms with Gasteiger partial charge in [0.05, 0.1) is 6.61 Å². The summed E-state index contributed by atoms with van der Waals surface area (Å²) in [5, 5.41) is -0.319. The van der Waals surface area contributed by atoms with Crippen molar-refractivity contribution in [2.24, 2.45) is 17.8 Å². The van der Waals surface area contributed by atoms with Gasteiger partial charge in [-0.15, -0.1) is 0 Å². The van der Waals surface area contributed by atoms with Crippen molar-refractivity contribution in [1.82, 2.24) is 9.13 Å². The number of hydrogen-bond donors (Lipinski definition) is 1. The van der Waals surface area contributed by atoms with E-state index in [1.54, 1.807) is 6.92 Å². The third kappa shape index (κ3) is 4.98. The van der Waals surface area contributed by atoms with Crippen LogP contribution in [0.15, 0.2) is 20.8 Å². The first-order valence-corrected chi connectivity index (χ1v) is 18.7. The van der Waals surface area contributed by atoms with Crippen molar-refractivity contribution in [3.63, 3.8) is 0 Å². The second-order valence-electron chi connectivity index (χ2n) is 13.4. The lowest BCUT2D eigenvalue weighted by atomic mass is 9.91. The minimum Gasteiger partial charge on any atom is -0.427 e. The number of carbonyl (C=O) groups is 1. The Morgan fingerprint density at radius 2 is 1.61 bits per heavy atom. The van der Waals surface area contributed by atoms with Crippen molar-refractivity contribution >= 4 is 28.6 Å². The van der Waals surface area contributed by atoms with Gasteiger partial charge in [0.25, 0.3) is 5.56 Å². The molecule has 3 rings (SSSR count). The Hall–Kier alpha value is -2.07. The highest BCUT2D eigenvalue weighted by Gasteiger charge is 2.68. The predicted molar refractivity (Wildman–Crippen MR) is 151 cm³/mol. The van der Waals surface area contributed by atoms with Gasteiger partial charge in [-0.05, 0) is 43.2 Å². The van der Waals surface area contributed by atoms with Crippen LogP contribution in [-0.4, -0.2) is 62.1 Å². The van der Waals surface area contributed by atoms with Crippen LogP contribution in [0.3, 0.4) is 0 Å². The summed E-state index contributed by atoms with van der Waals surface area (Å²) >= 11 is 0. The topological polar surface area (TPSA) is 136 Å². The van der Waals surface area contributed by atoms with E-state index in [-0.39, 0.29) is 22.5 Å². The van der Waals surface area contributed by atoms with E-state index in [9.17, 15) is 14.4 Å². The van der Waals surface area contributed by atoms with E-state index in [0.29, 0.717) is 5.56 Å². The summed E-state index contributed by atoms with van der Waals surface area (Å²) in [6.07, 6.45) is -2.38. The van der Waals surface area contributed by atoms with E-state index in [2.05, 4.69) is 72.7 Å².